The molecule has 0 aliphatic heterocycles. The Bertz CT molecular complexity index is 72.5. The molecule has 0 aliphatic carbocycles. The quantitative estimate of drug-likeness (QED) is 0.415. The maximum atomic E-state index is 4.97. The maximum absolute atomic E-state index is 4.97. The summed E-state index contributed by atoms with van der Waals surface area (Å²) < 4.78 is 0. The van der Waals surface area contributed by atoms with Crippen LogP contribution in [0, 0.1) is 0 Å². The zero-order valence-corrected chi connectivity index (χ0v) is 22.1. The Kier molecular flexibility index (Phi) is 50.6. The fraction of sp³-hybridized carbons (Fsp3) is 1.00. The van der Waals surface area contributed by atoms with Gasteiger partial charge in [-0.05, 0) is 0 Å². The monoisotopic (exact) mass is 472 g/mol. The molecule has 8 heteroatoms. The Morgan fingerprint density at radius 1 is 0.529 bits per heavy atom. The van der Waals surface area contributed by atoms with Crippen molar-refractivity contribution in [3.8, 4) is 0 Å². The summed E-state index contributed by atoms with van der Waals surface area (Å²) in [5, 5.41) is 0. The van der Waals surface area contributed by atoms with Crippen LogP contribution in [0.1, 0.15) is 0 Å². The van der Waals surface area contributed by atoms with Crippen LogP contribution in [0.15, 0.2) is 0 Å². The molecule has 0 fully saturated rings. The van der Waals surface area contributed by atoms with Gasteiger partial charge < -0.3 is 0 Å². The number of hydrogen-bond donors (Lipinski definition) is 0. The third kappa shape index (κ3) is 755. The van der Waals surface area contributed by atoms with Crippen molar-refractivity contribution >= 4 is 85.6 Å². The molecule has 0 saturated heterocycles. The van der Waals surface area contributed by atoms with Crippen molar-refractivity contribution < 1.29 is 0 Å². The van der Waals surface area contributed by atoms with E-state index in [1.807, 2.05) is 0 Å². The molecule has 0 saturated carbocycles. The predicted octanol–water partition coefficient (Wildman–Crippen LogP) is 5.42. The van der Waals surface area contributed by atoms with E-state index in [1.165, 1.54) is 0 Å². The number of hydrogen-bond acceptors (Lipinski definition) is 0. The van der Waals surface area contributed by atoms with Gasteiger partial charge >= 0.3 is 41.6 Å². The van der Waals surface area contributed by atoms with Gasteiger partial charge in [-0.3, -0.25) is 0 Å². The molecule has 0 heterocycles. The van der Waals surface area contributed by atoms with Gasteiger partial charge in [0.15, 0.2) is 0 Å². The Balaban J connectivity index is -0.0000000369. The zero-order valence-electron chi connectivity index (χ0n) is 12.6. The summed E-state index contributed by atoms with van der Waals surface area (Å²) in [6, 6.07) is 0. The molecule has 0 aromatic rings. The van der Waals surface area contributed by atoms with Crippen LogP contribution >= 0.6 is 30.0 Å². The van der Waals surface area contributed by atoms with Crippen LogP contribution in [0.3, 0.4) is 0 Å². The Labute approximate surface area is 143 Å². The van der Waals surface area contributed by atoms with Crippen LogP contribution < -0.4 is 0 Å². The van der Waals surface area contributed by atoms with Crippen molar-refractivity contribution in [3.63, 3.8) is 0 Å². The average molecular weight is 471 g/mol. The smallest absolute Gasteiger partial charge is 0 e. The molecule has 0 aromatic heterocycles. The van der Waals surface area contributed by atoms with Gasteiger partial charge in [0.05, 0.1) is 0 Å². The minimum atomic E-state index is -1.92. The first-order chi connectivity index (χ1) is 6.93. The molecule has 0 rings (SSSR count). The first kappa shape index (κ1) is 31.8. The minimum Gasteiger partial charge on any atom is 0 e. The molecule has 0 amide bonds. The van der Waals surface area contributed by atoms with E-state index in [2.05, 4.69) is 58.9 Å². The normalized spacial score (nSPS) is 8.47. The summed E-state index contributed by atoms with van der Waals surface area (Å²) >= 11 is -1.92. The molecule has 0 nitrogen and oxygen atoms in total. The standard InChI is InChI=1S/3C3H9Si.Cl3Ge.Ge/c4*1-4(2)3;/h3*1-3H3;;. The molecular formula is C9H27Cl3Ge2Si3. The number of halogens is 3. The molecule has 17 heavy (non-hydrogen) atoms. The first-order valence-electron chi connectivity index (χ1n) is 5.07. The second-order valence-corrected chi connectivity index (χ2v) is 23.5. The van der Waals surface area contributed by atoms with Gasteiger partial charge in [-0.2, -0.15) is 0 Å². The van der Waals surface area contributed by atoms with Crippen molar-refractivity contribution in [2.75, 3.05) is 0 Å². The van der Waals surface area contributed by atoms with Gasteiger partial charge in [0.2, 0.25) is 0 Å². The van der Waals surface area contributed by atoms with Crippen molar-refractivity contribution in [2.24, 2.45) is 0 Å². The fourth-order valence-corrected chi connectivity index (χ4v) is 0. The zero-order chi connectivity index (χ0) is 14.3. The van der Waals surface area contributed by atoms with Gasteiger partial charge in [0.1, 0.15) is 0 Å². The van der Waals surface area contributed by atoms with E-state index >= 15 is 0 Å². The SMILES string of the molecule is C[Si](C)C.C[Si](C)C.C[Si](C)C.[Cl][Ge]([Cl])[Cl].[Ge]. The summed E-state index contributed by atoms with van der Waals surface area (Å²) in [5.74, 6) is 0. The molecule has 0 bridgehead atoms. The first-order valence-corrected chi connectivity index (χ1v) is 22.3. The van der Waals surface area contributed by atoms with Gasteiger partial charge in [-0.25, -0.2) is 0 Å². The van der Waals surface area contributed by atoms with Gasteiger partial charge in [-0.15, -0.1) is 0 Å². The molecule has 0 N–H and O–H groups in total. The molecular weight excluding hydrogens is 444 g/mol. The predicted molar refractivity (Wildman–Crippen MR) is 99.1 cm³/mol. The van der Waals surface area contributed by atoms with Crippen LogP contribution in [0.4, 0.5) is 0 Å². The van der Waals surface area contributed by atoms with E-state index in [0.717, 1.165) is 0 Å². The average Bonchev–Trinajstić information content (AvgIpc) is 1.76. The summed E-state index contributed by atoms with van der Waals surface area (Å²) in [4.78, 5) is 0. The third-order valence-corrected chi connectivity index (χ3v) is 0. The Morgan fingerprint density at radius 2 is 0.529 bits per heavy atom. The molecule has 0 atom stereocenters. The van der Waals surface area contributed by atoms with E-state index in [0.29, 0.717) is 0 Å². The molecule has 0 spiro atoms. The minimum absolute atomic E-state index is 0. The van der Waals surface area contributed by atoms with Crippen molar-refractivity contribution in [2.45, 2.75) is 58.9 Å². The number of rotatable bonds is 0. The Hall–Kier alpha value is 2.61. The van der Waals surface area contributed by atoms with E-state index in [4.69, 9.17) is 30.0 Å². The summed E-state index contributed by atoms with van der Waals surface area (Å²) in [7, 11) is 15.3. The van der Waals surface area contributed by atoms with E-state index in [9.17, 15) is 0 Å². The largest absolute Gasteiger partial charge is 0 e. The molecule has 0 aliphatic rings. The molecule has 8 radical (unpaired) electrons. The van der Waals surface area contributed by atoms with Crippen LogP contribution in [-0.2, 0) is 0 Å². The molecule has 0 aromatic carbocycles. The second-order valence-electron chi connectivity index (χ2n) is 4.71. The summed E-state index contributed by atoms with van der Waals surface area (Å²) in [6.45, 7) is 20.4. The summed E-state index contributed by atoms with van der Waals surface area (Å²) in [6.07, 6.45) is 0. The Morgan fingerprint density at radius 3 is 0.529 bits per heavy atom. The van der Waals surface area contributed by atoms with Crippen molar-refractivity contribution in [1.29, 1.82) is 0 Å². The van der Waals surface area contributed by atoms with Crippen LogP contribution in [0.2, 0.25) is 58.9 Å². The molecule has 0 unspecified atom stereocenters. The third-order valence-electron chi connectivity index (χ3n) is 0. The van der Waals surface area contributed by atoms with Gasteiger partial charge in [0, 0.05) is 44.0 Å². The molecule has 104 valence electrons. The van der Waals surface area contributed by atoms with E-state index in [-0.39, 0.29) is 44.0 Å². The van der Waals surface area contributed by atoms with E-state index < -0.39 is 11.6 Å². The maximum Gasteiger partial charge on any atom is 0 e. The van der Waals surface area contributed by atoms with Crippen LogP contribution in [0.25, 0.3) is 0 Å². The van der Waals surface area contributed by atoms with Gasteiger partial charge in [-0.1, -0.05) is 58.9 Å². The van der Waals surface area contributed by atoms with E-state index in [1.54, 1.807) is 0 Å². The second kappa shape index (κ2) is 27.0. The topological polar surface area (TPSA) is 0 Å². The van der Waals surface area contributed by atoms with Crippen LogP contribution in [0.5, 0.6) is 0 Å². The summed E-state index contributed by atoms with van der Waals surface area (Å²) in [5.41, 5.74) is 0. The van der Waals surface area contributed by atoms with Gasteiger partial charge in [0.25, 0.3) is 0 Å². The fourth-order valence-electron chi connectivity index (χ4n) is 0. The van der Waals surface area contributed by atoms with Crippen molar-refractivity contribution in [3.05, 3.63) is 0 Å². The van der Waals surface area contributed by atoms with Crippen molar-refractivity contribution in [1.82, 2.24) is 0 Å². The van der Waals surface area contributed by atoms with Crippen LogP contribution in [-0.4, -0.2) is 55.5 Å².